The average molecular weight is 140 g/mol. The molecule has 0 N–H and O–H groups in total. The fraction of sp³-hybridized carbons (Fsp3) is 0. The fourth-order valence-electron chi connectivity index (χ4n) is 0.706. The highest BCUT2D eigenvalue weighted by Crippen LogP contribution is 2.12. The maximum atomic E-state index is 12.5. The van der Waals surface area contributed by atoms with Gasteiger partial charge in [-0.15, -0.1) is 0 Å². The summed E-state index contributed by atoms with van der Waals surface area (Å²) in [4.78, 5) is 0. The zero-order valence-corrected chi connectivity index (χ0v) is 5.27. The molecule has 0 nitrogen and oxygen atoms in total. The highest BCUT2D eigenvalue weighted by molar-refractivity contribution is 5.48. The van der Waals surface area contributed by atoms with Crippen molar-refractivity contribution in [3.63, 3.8) is 0 Å². The molecular weight excluding hydrogens is 134 g/mol. The van der Waals surface area contributed by atoms with Crippen LogP contribution in [0.5, 0.6) is 0 Å². The molecule has 1 aromatic carbocycles. The van der Waals surface area contributed by atoms with Gasteiger partial charge < -0.3 is 0 Å². The van der Waals surface area contributed by atoms with Crippen molar-refractivity contribution in [2.75, 3.05) is 0 Å². The van der Waals surface area contributed by atoms with Crippen LogP contribution in [-0.4, -0.2) is 0 Å². The molecule has 1 aromatic rings. The van der Waals surface area contributed by atoms with E-state index in [0.717, 1.165) is 6.08 Å². The Morgan fingerprint density at radius 3 is 2.00 bits per heavy atom. The van der Waals surface area contributed by atoms with Crippen LogP contribution in [0, 0.1) is 11.6 Å². The molecule has 0 spiro atoms. The summed E-state index contributed by atoms with van der Waals surface area (Å²) >= 11 is 0. The van der Waals surface area contributed by atoms with Crippen molar-refractivity contribution in [1.82, 2.24) is 0 Å². The maximum absolute atomic E-state index is 12.5. The zero-order chi connectivity index (χ0) is 7.56. The summed E-state index contributed by atoms with van der Waals surface area (Å²) in [7, 11) is 0. The van der Waals surface area contributed by atoms with Gasteiger partial charge in [-0.25, -0.2) is 8.78 Å². The van der Waals surface area contributed by atoms with E-state index < -0.39 is 11.6 Å². The molecule has 0 saturated heterocycles. The molecule has 0 heterocycles. The van der Waals surface area contributed by atoms with E-state index in [2.05, 4.69) is 6.58 Å². The van der Waals surface area contributed by atoms with Crippen molar-refractivity contribution in [3.05, 3.63) is 42.0 Å². The first kappa shape index (κ1) is 6.93. The number of hydrogen-bond donors (Lipinski definition) is 0. The predicted octanol–water partition coefficient (Wildman–Crippen LogP) is 2.61. The highest BCUT2D eigenvalue weighted by Gasteiger charge is 2.01. The Balaban J connectivity index is 3.30. The first-order valence-electron chi connectivity index (χ1n) is 2.82. The standard InChI is InChI=1S/C8H6F2/c1-2-6-7(9)4-3-5-8(6)10/h2-5H,1H2. The van der Waals surface area contributed by atoms with Crippen LogP contribution in [0.25, 0.3) is 6.08 Å². The third-order valence-corrected chi connectivity index (χ3v) is 1.20. The van der Waals surface area contributed by atoms with E-state index in [-0.39, 0.29) is 5.56 Å². The Kier molecular flexibility index (Phi) is 1.81. The molecule has 0 bridgehead atoms. The summed E-state index contributed by atoms with van der Waals surface area (Å²) in [5.41, 5.74) is -0.0671. The van der Waals surface area contributed by atoms with E-state index in [1.54, 1.807) is 0 Å². The third-order valence-electron chi connectivity index (χ3n) is 1.20. The number of rotatable bonds is 1. The van der Waals surface area contributed by atoms with Gasteiger partial charge in [0.25, 0.3) is 0 Å². The van der Waals surface area contributed by atoms with Gasteiger partial charge >= 0.3 is 0 Å². The molecule has 2 heteroatoms. The van der Waals surface area contributed by atoms with E-state index in [1.165, 1.54) is 18.2 Å². The van der Waals surface area contributed by atoms with Crippen molar-refractivity contribution < 1.29 is 8.78 Å². The van der Waals surface area contributed by atoms with E-state index in [0.29, 0.717) is 0 Å². The summed E-state index contributed by atoms with van der Waals surface area (Å²) in [5.74, 6) is -1.15. The average Bonchev–Trinajstić information content (AvgIpc) is 1.88. The lowest BCUT2D eigenvalue weighted by atomic mass is 10.2. The van der Waals surface area contributed by atoms with E-state index >= 15 is 0 Å². The van der Waals surface area contributed by atoms with Gasteiger partial charge in [-0.05, 0) is 12.1 Å². The van der Waals surface area contributed by atoms with Gasteiger partial charge in [0, 0.05) is 5.56 Å². The van der Waals surface area contributed by atoms with Gasteiger partial charge in [0.05, 0.1) is 0 Å². The minimum absolute atomic E-state index is 0.0671. The Morgan fingerprint density at radius 1 is 1.20 bits per heavy atom. The molecule has 1 rings (SSSR count). The van der Waals surface area contributed by atoms with Gasteiger partial charge in [-0.1, -0.05) is 18.7 Å². The molecule has 0 fully saturated rings. The summed E-state index contributed by atoms with van der Waals surface area (Å²) < 4.78 is 25.1. The van der Waals surface area contributed by atoms with Crippen molar-refractivity contribution >= 4 is 6.08 Å². The summed E-state index contributed by atoms with van der Waals surface area (Å²) in [5, 5.41) is 0. The fourth-order valence-corrected chi connectivity index (χ4v) is 0.706. The second-order valence-corrected chi connectivity index (χ2v) is 1.84. The normalized spacial score (nSPS) is 9.40. The third kappa shape index (κ3) is 1.05. The molecule has 0 amide bonds. The molecule has 0 aliphatic rings. The number of halogens is 2. The molecule has 52 valence electrons. The molecule has 0 saturated carbocycles. The summed E-state index contributed by atoms with van der Waals surface area (Å²) in [6, 6.07) is 3.71. The SMILES string of the molecule is C=Cc1c(F)cccc1F. The predicted molar refractivity (Wildman–Crippen MR) is 36.4 cm³/mol. The molecule has 0 aromatic heterocycles. The van der Waals surface area contributed by atoms with Crippen molar-refractivity contribution in [1.29, 1.82) is 0 Å². The summed E-state index contributed by atoms with van der Waals surface area (Å²) in [6.45, 7) is 3.27. The monoisotopic (exact) mass is 140 g/mol. The smallest absolute Gasteiger partial charge is 0.133 e. The van der Waals surface area contributed by atoms with Gasteiger partial charge in [0.15, 0.2) is 0 Å². The van der Waals surface area contributed by atoms with Crippen LogP contribution < -0.4 is 0 Å². The first-order chi connectivity index (χ1) is 4.75. The van der Waals surface area contributed by atoms with Crippen LogP contribution in [-0.2, 0) is 0 Å². The van der Waals surface area contributed by atoms with Gasteiger partial charge in [-0.2, -0.15) is 0 Å². The van der Waals surface area contributed by atoms with Crippen LogP contribution in [0.3, 0.4) is 0 Å². The topological polar surface area (TPSA) is 0 Å². The van der Waals surface area contributed by atoms with Gasteiger partial charge in [0.1, 0.15) is 11.6 Å². The minimum Gasteiger partial charge on any atom is -0.206 e. The molecule has 0 unspecified atom stereocenters. The van der Waals surface area contributed by atoms with Gasteiger partial charge in [0.2, 0.25) is 0 Å². The van der Waals surface area contributed by atoms with Crippen LogP contribution >= 0.6 is 0 Å². The Labute approximate surface area is 57.8 Å². The minimum atomic E-state index is -0.574. The molecule has 0 atom stereocenters. The number of benzene rings is 1. The van der Waals surface area contributed by atoms with Crippen molar-refractivity contribution in [3.8, 4) is 0 Å². The van der Waals surface area contributed by atoms with E-state index in [4.69, 9.17) is 0 Å². The molecular formula is C8H6F2. The van der Waals surface area contributed by atoms with E-state index in [1.807, 2.05) is 0 Å². The lowest BCUT2D eigenvalue weighted by molar-refractivity contribution is 0.579. The van der Waals surface area contributed by atoms with Crippen molar-refractivity contribution in [2.45, 2.75) is 0 Å². The second kappa shape index (κ2) is 2.60. The highest BCUT2D eigenvalue weighted by atomic mass is 19.1. The van der Waals surface area contributed by atoms with Gasteiger partial charge in [-0.3, -0.25) is 0 Å². The van der Waals surface area contributed by atoms with Crippen molar-refractivity contribution in [2.24, 2.45) is 0 Å². The largest absolute Gasteiger partial charge is 0.206 e. The lowest BCUT2D eigenvalue weighted by Crippen LogP contribution is -1.85. The molecule has 0 aliphatic carbocycles. The van der Waals surface area contributed by atoms with E-state index in [9.17, 15) is 8.78 Å². The molecule has 10 heavy (non-hydrogen) atoms. The lowest BCUT2D eigenvalue weighted by Gasteiger charge is -1.95. The summed E-state index contributed by atoms with van der Waals surface area (Å²) in [6.07, 6.45) is 1.16. The molecule has 0 aliphatic heterocycles. The zero-order valence-electron chi connectivity index (χ0n) is 5.27. The molecule has 0 radical (unpaired) electrons. The van der Waals surface area contributed by atoms with Crippen LogP contribution in [0.4, 0.5) is 8.78 Å². The van der Waals surface area contributed by atoms with Crippen LogP contribution in [0.1, 0.15) is 5.56 Å². The Hall–Kier alpha value is -1.18. The Morgan fingerprint density at radius 2 is 1.70 bits per heavy atom. The van der Waals surface area contributed by atoms with Crippen LogP contribution in [0.2, 0.25) is 0 Å². The van der Waals surface area contributed by atoms with Crippen LogP contribution in [0.15, 0.2) is 24.8 Å². The Bertz CT molecular complexity index is 233. The maximum Gasteiger partial charge on any atom is 0.133 e. The second-order valence-electron chi connectivity index (χ2n) is 1.84. The number of hydrogen-bond acceptors (Lipinski definition) is 0. The quantitative estimate of drug-likeness (QED) is 0.562. The first-order valence-corrected chi connectivity index (χ1v) is 2.82.